The molecule has 42 heavy (non-hydrogen) atoms. The fourth-order valence-corrected chi connectivity index (χ4v) is 6.02. The number of fused-ring (bicyclic) bond motifs is 3. The van der Waals surface area contributed by atoms with Gasteiger partial charge in [-0.05, 0) is 91.0 Å². The summed E-state index contributed by atoms with van der Waals surface area (Å²) in [6.45, 7) is 7.94. The van der Waals surface area contributed by atoms with Crippen molar-refractivity contribution in [3.63, 3.8) is 0 Å². The number of rotatable bonds is 4. The van der Waals surface area contributed by atoms with Crippen LogP contribution in [0.25, 0.3) is 66.1 Å². The van der Waals surface area contributed by atoms with E-state index in [0.29, 0.717) is 5.57 Å². The van der Waals surface area contributed by atoms with Gasteiger partial charge in [0.2, 0.25) is 0 Å². The SMILES string of the molecule is [C-]#[N+]C(C#N)=C1c2cc(-c3ccccc3)c(-c3ccccc3)cc2-c2cc(-c3ccccc3)c(-c3ccccc3)cc21. The summed E-state index contributed by atoms with van der Waals surface area (Å²) in [4.78, 5) is 3.72. The van der Waals surface area contributed by atoms with Gasteiger partial charge in [-0.2, -0.15) is 0 Å². The van der Waals surface area contributed by atoms with E-state index >= 15 is 0 Å². The molecule has 194 valence electrons. The molecule has 0 unspecified atom stereocenters. The van der Waals surface area contributed by atoms with Gasteiger partial charge in [-0.25, -0.2) is 10.1 Å². The Kier molecular flexibility index (Phi) is 6.29. The number of hydrogen-bond acceptors (Lipinski definition) is 1. The van der Waals surface area contributed by atoms with Gasteiger partial charge < -0.3 is 0 Å². The van der Waals surface area contributed by atoms with Gasteiger partial charge in [-0.15, -0.1) is 0 Å². The van der Waals surface area contributed by atoms with Crippen LogP contribution >= 0.6 is 0 Å². The van der Waals surface area contributed by atoms with Crippen LogP contribution in [-0.2, 0) is 0 Å². The highest BCUT2D eigenvalue weighted by Crippen LogP contribution is 2.52. The van der Waals surface area contributed by atoms with Gasteiger partial charge in [-0.3, -0.25) is 0 Å². The molecule has 6 aromatic carbocycles. The second-order valence-electron chi connectivity index (χ2n) is 10.3. The summed E-state index contributed by atoms with van der Waals surface area (Å²) in [5.74, 6) is 0. The molecule has 2 heteroatoms. The van der Waals surface area contributed by atoms with Crippen LogP contribution in [0.1, 0.15) is 11.1 Å². The lowest BCUT2D eigenvalue weighted by Gasteiger charge is -2.15. The maximum Gasteiger partial charge on any atom is 0.270 e. The van der Waals surface area contributed by atoms with Gasteiger partial charge in [0.25, 0.3) is 5.70 Å². The van der Waals surface area contributed by atoms with Crippen molar-refractivity contribution in [3.05, 3.63) is 174 Å². The molecule has 0 N–H and O–H groups in total. The molecule has 6 aromatic rings. The van der Waals surface area contributed by atoms with Crippen molar-refractivity contribution < 1.29 is 0 Å². The van der Waals surface area contributed by atoms with Crippen molar-refractivity contribution >= 4 is 5.57 Å². The maximum atomic E-state index is 10.2. The van der Waals surface area contributed by atoms with Crippen molar-refractivity contribution in [1.29, 1.82) is 5.26 Å². The van der Waals surface area contributed by atoms with Crippen LogP contribution in [0.4, 0.5) is 0 Å². The third-order valence-electron chi connectivity index (χ3n) is 7.94. The van der Waals surface area contributed by atoms with Crippen LogP contribution in [0.15, 0.2) is 151 Å². The molecule has 1 aliphatic rings. The maximum absolute atomic E-state index is 10.2. The lowest BCUT2D eigenvalue weighted by atomic mass is 9.88. The number of benzene rings is 6. The molecule has 0 saturated carbocycles. The second-order valence-corrected chi connectivity index (χ2v) is 10.3. The summed E-state index contributed by atoms with van der Waals surface area (Å²) in [5.41, 5.74) is 13.5. The zero-order valence-electron chi connectivity index (χ0n) is 22.8. The predicted molar refractivity (Wildman–Crippen MR) is 172 cm³/mol. The molecule has 0 amide bonds. The predicted octanol–water partition coefficient (Wildman–Crippen LogP) is 10.5. The van der Waals surface area contributed by atoms with Gasteiger partial charge in [0.15, 0.2) is 0 Å². The van der Waals surface area contributed by atoms with E-state index in [-0.39, 0.29) is 5.70 Å². The minimum atomic E-state index is 0.105. The van der Waals surface area contributed by atoms with E-state index in [1.54, 1.807) is 0 Å². The summed E-state index contributed by atoms with van der Waals surface area (Å²) < 4.78 is 0. The first kappa shape index (κ1) is 25.0. The Morgan fingerprint density at radius 1 is 0.429 bits per heavy atom. The molecule has 0 atom stereocenters. The molecule has 0 bridgehead atoms. The first-order chi connectivity index (χ1) is 20.8. The highest BCUT2D eigenvalue weighted by Gasteiger charge is 2.30. The third kappa shape index (κ3) is 4.20. The standard InChI is InChI=1S/C40H24N2/c1-42-39(26-41)40-37-24-33(29-18-10-4-11-19-29)31(27-14-6-2-7-15-27)22-35(37)36-23-32(28-16-8-3-9-17-28)34(25-38(36)40)30-20-12-5-13-21-30/h2-25H. The van der Waals surface area contributed by atoms with Crippen LogP contribution < -0.4 is 0 Å². The highest BCUT2D eigenvalue weighted by molar-refractivity contribution is 6.09. The fourth-order valence-electron chi connectivity index (χ4n) is 6.02. The fraction of sp³-hybridized carbons (Fsp3) is 0. The van der Waals surface area contributed by atoms with E-state index in [0.717, 1.165) is 66.8 Å². The number of allylic oxidation sites excluding steroid dienone is 1. The summed E-state index contributed by atoms with van der Waals surface area (Å²) in [7, 11) is 0. The van der Waals surface area contributed by atoms with E-state index in [1.807, 2.05) is 48.5 Å². The van der Waals surface area contributed by atoms with Crippen LogP contribution in [0.5, 0.6) is 0 Å². The molecule has 0 saturated heterocycles. The topological polar surface area (TPSA) is 28.1 Å². The third-order valence-corrected chi connectivity index (χ3v) is 7.94. The zero-order chi connectivity index (χ0) is 28.5. The summed E-state index contributed by atoms with van der Waals surface area (Å²) in [5, 5.41) is 10.2. The molecule has 2 nitrogen and oxygen atoms in total. The highest BCUT2D eigenvalue weighted by atomic mass is 14.7. The Morgan fingerprint density at radius 3 is 0.976 bits per heavy atom. The largest absolute Gasteiger partial charge is 0.270 e. The van der Waals surface area contributed by atoms with E-state index < -0.39 is 0 Å². The van der Waals surface area contributed by atoms with E-state index in [9.17, 15) is 5.26 Å². The monoisotopic (exact) mass is 532 g/mol. The summed E-state index contributed by atoms with van der Waals surface area (Å²) in [6.07, 6.45) is 0. The Morgan fingerprint density at radius 2 is 0.714 bits per heavy atom. The van der Waals surface area contributed by atoms with E-state index in [2.05, 4.69) is 108 Å². The van der Waals surface area contributed by atoms with Crippen LogP contribution in [0.3, 0.4) is 0 Å². The molecule has 0 radical (unpaired) electrons. The zero-order valence-corrected chi connectivity index (χ0v) is 22.8. The second kappa shape index (κ2) is 10.5. The molecule has 1 aliphatic carbocycles. The lowest BCUT2D eigenvalue weighted by Crippen LogP contribution is -1.91. The van der Waals surface area contributed by atoms with Gasteiger partial charge in [-0.1, -0.05) is 121 Å². The van der Waals surface area contributed by atoms with Crippen molar-refractivity contribution in [3.8, 4) is 61.7 Å². The Hall–Kier alpha value is -5.96. The normalized spacial score (nSPS) is 11.2. The Bertz CT molecular complexity index is 1910. The molecule has 0 fully saturated rings. The number of nitriles is 1. The minimum Gasteiger partial charge on any atom is -0.226 e. The molecular weight excluding hydrogens is 508 g/mol. The minimum absolute atomic E-state index is 0.105. The average Bonchev–Trinajstić information content (AvgIpc) is 3.38. The summed E-state index contributed by atoms with van der Waals surface area (Å²) in [6, 6.07) is 52.5. The van der Waals surface area contributed by atoms with Crippen molar-refractivity contribution in [1.82, 2.24) is 0 Å². The van der Waals surface area contributed by atoms with Gasteiger partial charge in [0, 0.05) is 5.57 Å². The van der Waals surface area contributed by atoms with Crippen LogP contribution in [0.2, 0.25) is 0 Å². The van der Waals surface area contributed by atoms with Gasteiger partial charge in [0.05, 0.1) is 12.6 Å². The first-order valence-electron chi connectivity index (χ1n) is 13.9. The van der Waals surface area contributed by atoms with Gasteiger partial charge >= 0.3 is 0 Å². The molecule has 0 aliphatic heterocycles. The quantitative estimate of drug-likeness (QED) is 0.164. The molecule has 0 aromatic heterocycles. The van der Waals surface area contributed by atoms with Crippen molar-refractivity contribution in [2.75, 3.05) is 0 Å². The smallest absolute Gasteiger partial charge is 0.226 e. The lowest BCUT2D eigenvalue weighted by molar-refractivity contribution is 1.49. The first-order valence-corrected chi connectivity index (χ1v) is 13.9. The van der Waals surface area contributed by atoms with Crippen molar-refractivity contribution in [2.24, 2.45) is 0 Å². The Labute approximate surface area is 245 Å². The average molecular weight is 533 g/mol. The van der Waals surface area contributed by atoms with Crippen LogP contribution in [0, 0.1) is 17.9 Å². The Balaban J connectivity index is 1.60. The van der Waals surface area contributed by atoms with Gasteiger partial charge in [0.1, 0.15) is 0 Å². The van der Waals surface area contributed by atoms with E-state index in [4.69, 9.17) is 6.57 Å². The van der Waals surface area contributed by atoms with Crippen LogP contribution in [-0.4, -0.2) is 0 Å². The number of nitrogens with zero attached hydrogens (tertiary/aromatic N) is 2. The number of hydrogen-bond donors (Lipinski definition) is 0. The molecule has 0 spiro atoms. The van der Waals surface area contributed by atoms with Crippen molar-refractivity contribution in [2.45, 2.75) is 0 Å². The summed E-state index contributed by atoms with van der Waals surface area (Å²) >= 11 is 0. The van der Waals surface area contributed by atoms with E-state index in [1.165, 1.54) is 0 Å². The molecule has 0 heterocycles. The molecular formula is C40H24N2. The molecule has 7 rings (SSSR count).